The Bertz CT molecular complexity index is 260. The highest BCUT2D eigenvalue weighted by molar-refractivity contribution is 5.85. The van der Waals surface area contributed by atoms with Gasteiger partial charge in [-0.3, -0.25) is 4.79 Å². The molecule has 0 heterocycles. The molecular formula is C15H33N3O. The van der Waals surface area contributed by atoms with Gasteiger partial charge in [0.2, 0.25) is 5.91 Å². The molecule has 1 N–H and O–H groups in total. The lowest BCUT2D eigenvalue weighted by Crippen LogP contribution is -2.54. The summed E-state index contributed by atoms with van der Waals surface area (Å²) in [5.74, 6) is 0.684. The average molecular weight is 271 g/mol. The van der Waals surface area contributed by atoms with Crippen LogP contribution >= 0.6 is 0 Å². The van der Waals surface area contributed by atoms with Gasteiger partial charge in [0.15, 0.2) is 0 Å². The van der Waals surface area contributed by atoms with Crippen molar-refractivity contribution in [3.05, 3.63) is 0 Å². The molecule has 19 heavy (non-hydrogen) atoms. The minimum Gasteiger partial charge on any atom is -0.340 e. The summed E-state index contributed by atoms with van der Waals surface area (Å²) in [6, 6.07) is 0. The highest BCUT2D eigenvalue weighted by Gasteiger charge is 2.30. The van der Waals surface area contributed by atoms with Gasteiger partial charge in [-0.2, -0.15) is 0 Å². The van der Waals surface area contributed by atoms with Crippen molar-refractivity contribution >= 4 is 5.91 Å². The molecule has 1 amide bonds. The largest absolute Gasteiger partial charge is 0.340 e. The quantitative estimate of drug-likeness (QED) is 0.695. The fourth-order valence-corrected chi connectivity index (χ4v) is 2.02. The molecule has 0 fully saturated rings. The van der Waals surface area contributed by atoms with E-state index in [9.17, 15) is 4.79 Å². The number of carbonyl (C=O) groups is 1. The molecule has 0 aromatic rings. The molecule has 0 rings (SSSR count). The molecule has 0 saturated carbocycles. The molecule has 0 spiro atoms. The predicted octanol–water partition coefficient (Wildman–Crippen LogP) is 1.81. The summed E-state index contributed by atoms with van der Waals surface area (Å²) in [4.78, 5) is 16.9. The molecule has 0 atom stereocenters. The lowest BCUT2D eigenvalue weighted by Gasteiger charge is -2.34. The molecule has 0 aliphatic heterocycles. The normalized spacial score (nSPS) is 12.3. The standard InChI is InChI=1S/C15H33N3O/c1-8-17(9-2)10-11-18(12-13(3)4)14(19)15(5,6)16-7/h13,16H,8-12H2,1-7H3. The highest BCUT2D eigenvalue weighted by Crippen LogP contribution is 2.10. The second kappa shape index (κ2) is 8.54. The first kappa shape index (κ1) is 18.4. The average Bonchev–Trinajstić information content (AvgIpc) is 2.37. The molecule has 114 valence electrons. The third-order valence-corrected chi connectivity index (χ3v) is 3.61. The summed E-state index contributed by atoms with van der Waals surface area (Å²) in [6.07, 6.45) is 0. The molecule has 0 saturated heterocycles. The Labute approximate surface area is 119 Å². The summed E-state index contributed by atoms with van der Waals surface area (Å²) in [6.45, 7) is 17.2. The molecule has 0 unspecified atom stereocenters. The second-order valence-electron chi connectivity index (χ2n) is 6.05. The van der Waals surface area contributed by atoms with E-state index in [-0.39, 0.29) is 5.91 Å². The minimum absolute atomic E-state index is 0.191. The van der Waals surface area contributed by atoms with Crippen LogP contribution in [0.25, 0.3) is 0 Å². The summed E-state index contributed by atoms with van der Waals surface area (Å²) in [5.41, 5.74) is -0.488. The van der Waals surface area contributed by atoms with E-state index in [1.807, 2.05) is 25.8 Å². The molecule has 4 nitrogen and oxygen atoms in total. The molecule has 0 radical (unpaired) electrons. The second-order valence-corrected chi connectivity index (χ2v) is 6.05. The van der Waals surface area contributed by atoms with Gasteiger partial charge < -0.3 is 15.1 Å². The lowest BCUT2D eigenvalue weighted by atomic mass is 10.0. The van der Waals surface area contributed by atoms with E-state index in [0.29, 0.717) is 5.92 Å². The number of hydrogen-bond donors (Lipinski definition) is 1. The Balaban J connectivity index is 4.67. The van der Waals surface area contributed by atoms with Crippen LogP contribution in [0, 0.1) is 5.92 Å². The number of rotatable bonds is 9. The van der Waals surface area contributed by atoms with Crippen molar-refractivity contribution in [3.8, 4) is 0 Å². The van der Waals surface area contributed by atoms with Crippen molar-refractivity contribution in [2.45, 2.75) is 47.1 Å². The van der Waals surface area contributed by atoms with Gasteiger partial charge in [-0.05, 0) is 39.9 Å². The summed E-state index contributed by atoms with van der Waals surface area (Å²) in [5, 5.41) is 3.11. The first-order chi connectivity index (χ1) is 8.78. The first-order valence-corrected chi connectivity index (χ1v) is 7.49. The van der Waals surface area contributed by atoms with Crippen LogP contribution in [-0.4, -0.2) is 61.0 Å². The first-order valence-electron chi connectivity index (χ1n) is 7.49. The fraction of sp³-hybridized carbons (Fsp3) is 0.933. The molecular weight excluding hydrogens is 238 g/mol. The molecule has 0 aromatic heterocycles. The van der Waals surface area contributed by atoms with E-state index in [1.54, 1.807) is 0 Å². The molecule has 0 aliphatic rings. The van der Waals surface area contributed by atoms with E-state index >= 15 is 0 Å². The monoisotopic (exact) mass is 271 g/mol. The van der Waals surface area contributed by atoms with Crippen LogP contribution in [-0.2, 0) is 4.79 Å². The van der Waals surface area contributed by atoms with Crippen LogP contribution in [0.5, 0.6) is 0 Å². The Morgan fingerprint density at radius 2 is 1.68 bits per heavy atom. The number of carbonyl (C=O) groups excluding carboxylic acids is 1. The van der Waals surface area contributed by atoms with Crippen LogP contribution in [0.1, 0.15) is 41.5 Å². The van der Waals surface area contributed by atoms with Gasteiger partial charge in [0, 0.05) is 19.6 Å². The van der Waals surface area contributed by atoms with Crippen LogP contribution in [0.2, 0.25) is 0 Å². The van der Waals surface area contributed by atoms with Gasteiger partial charge in [-0.15, -0.1) is 0 Å². The summed E-state index contributed by atoms with van der Waals surface area (Å²) >= 11 is 0. The number of nitrogens with one attached hydrogen (secondary N) is 1. The van der Waals surface area contributed by atoms with Gasteiger partial charge in [-0.25, -0.2) is 0 Å². The van der Waals surface area contributed by atoms with Gasteiger partial charge in [0.1, 0.15) is 0 Å². The zero-order chi connectivity index (χ0) is 15.1. The smallest absolute Gasteiger partial charge is 0.242 e. The van der Waals surface area contributed by atoms with Gasteiger partial charge in [-0.1, -0.05) is 27.7 Å². The number of nitrogens with zero attached hydrogens (tertiary/aromatic N) is 2. The van der Waals surface area contributed by atoms with Crippen molar-refractivity contribution in [1.82, 2.24) is 15.1 Å². The molecule has 4 heteroatoms. The Kier molecular flexibility index (Phi) is 8.26. The minimum atomic E-state index is -0.488. The Hall–Kier alpha value is -0.610. The van der Waals surface area contributed by atoms with Crippen LogP contribution in [0.4, 0.5) is 0 Å². The van der Waals surface area contributed by atoms with E-state index in [0.717, 1.165) is 32.7 Å². The number of amides is 1. The Morgan fingerprint density at radius 3 is 2.05 bits per heavy atom. The maximum absolute atomic E-state index is 12.6. The molecule has 0 bridgehead atoms. The van der Waals surface area contributed by atoms with Crippen molar-refractivity contribution in [2.75, 3.05) is 39.8 Å². The summed E-state index contributed by atoms with van der Waals surface area (Å²) in [7, 11) is 1.84. The van der Waals surface area contributed by atoms with Gasteiger partial charge >= 0.3 is 0 Å². The van der Waals surface area contributed by atoms with Crippen molar-refractivity contribution in [1.29, 1.82) is 0 Å². The van der Waals surface area contributed by atoms with E-state index in [2.05, 4.69) is 37.9 Å². The topological polar surface area (TPSA) is 35.6 Å². The third-order valence-electron chi connectivity index (χ3n) is 3.61. The zero-order valence-electron chi connectivity index (χ0n) is 13.9. The predicted molar refractivity (Wildman–Crippen MR) is 82.3 cm³/mol. The zero-order valence-corrected chi connectivity index (χ0v) is 13.9. The number of likely N-dealkylation sites (N-methyl/N-ethyl adjacent to an activating group) is 2. The fourth-order valence-electron chi connectivity index (χ4n) is 2.02. The van der Waals surface area contributed by atoms with E-state index in [4.69, 9.17) is 0 Å². The van der Waals surface area contributed by atoms with Crippen molar-refractivity contribution in [2.24, 2.45) is 5.92 Å². The maximum Gasteiger partial charge on any atom is 0.242 e. The highest BCUT2D eigenvalue weighted by atomic mass is 16.2. The van der Waals surface area contributed by atoms with Crippen LogP contribution in [0.15, 0.2) is 0 Å². The lowest BCUT2D eigenvalue weighted by molar-refractivity contribution is -0.137. The van der Waals surface area contributed by atoms with Crippen molar-refractivity contribution < 1.29 is 4.79 Å². The van der Waals surface area contributed by atoms with E-state index in [1.165, 1.54) is 0 Å². The SMILES string of the molecule is CCN(CC)CCN(CC(C)C)C(=O)C(C)(C)NC. The summed E-state index contributed by atoms with van der Waals surface area (Å²) < 4.78 is 0. The molecule has 0 aromatic carbocycles. The number of hydrogen-bond acceptors (Lipinski definition) is 3. The van der Waals surface area contributed by atoms with Gasteiger partial charge in [0.05, 0.1) is 5.54 Å². The third kappa shape index (κ3) is 6.39. The maximum atomic E-state index is 12.6. The van der Waals surface area contributed by atoms with Crippen LogP contribution in [0.3, 0.4) is 0 Å². The van der Waals surface area contributed by atoms with Crippen molar-refractivity contribution in [3.63, 3.8) is 0 Å². The van der Waals surface area contributed by atoms with E-state index < -0.39 is 5.54 Å². The molecule has 0 aliphatic carbocycles. The van der Waals surface area contributed by atoms with Crippen LogP contribution < -0.4 is 5.32 Å². The van der Waals surface area contributed by atoms with Gasteiger partial charge in [0.25, 0.3) is 0 Å². The Morgan fingerprint density at radius 1 is 1.16 bits per heavy atom.